The minimum Gasteiger partial charge on any atom is -0.492 e. The van der Waals surface area contributed by atoms with Crippen LogP contribution in [0.5, 0.6) is 5.75 Å². The number of ether oxygens (including phenoxy) is 1. The van der Waals surface area contributed by atoms with Gasteiger partial charge < -0.3 is 20.7 Å². The van der Waals surface area contributed by atoms with E-state index in [0.717, 1.165) is 55.4 Å². The summed E-state index contributed by atoms with van der Waals surface area (Å²) in [6, 6.07) is 1.78. The van der Waals surface area contributed by atoms with Crippen LogP contribution in [0.15, 0.2) is 10.5 Å². The highest BCUT2D eigenvalue weighted by molar-refractivity contribution is 9.10. The van der Waals surface area contributed by atoms with Crippen molar-refractivity contribution in [1.82, 2.24) is 10.2 Å². The largest absolute Gasteiger partial charge is 0.492 e. The second-order valence-electron chi connectivity index (χ2n) is 6.54. The van der Waals surface area contributed by atoms with E-state index in [2.05, 4.69) is 33.2 Å². The van der Waals surface area contributed by atoms with E-state index in [9.17, 15) is 4.79 Å². The standard InChI is InChI=1S/C17H24BrN3O2/c1-21-6-4-11(5-7-21)10-20-17(22)13-9-14(18)15(19)12-3-2-8-23-16(12)13/h9,11H,2-8,10,19H2,1H3,(H,20,22). The fraction of sp³-hybridized carbons (Fsp3) is 0.588. The van der Waals surface area contributed by atoms with Crippen LogP contribution in [-0.4, -0.2) is 44.1 Å². The number of nitrogens with zero attached hydrogens (tertiary/aromatic N) is 1. The summed E-state index contributed by atoms with van der Waals surface area (Å²) in [6.07, 6.45) is 4.06. The van der Waals surface area contributed by atoms with Gasteiger partial charge in [-0.3, -0.25) is 4.79 Å². The number of amides is 1. The lowest BCUT2D eigenvalue weighted by Crippen LogP contribution is -2.37. The van der Waals surface area contributed by atoms with E-state index >= 15 is 0 Å². The molecule has 0 atom stereocenters. The van der Waals surface area contributed by atoms with E-state index in [1.807, 2.05) is 0 Å². The first-order chi connectivity index (χ1) is 11.1. The van der Waals surface area contributed by atoms with E-state index in [1.165, 1.54) is 0 Å². The number of likely N-dealkylation sites (tertiary alicyclic amines) is 1. The zero-order valence-electron chi connectivity index (χ0n) is 13.5. The first kappa shape index (κ1) is 16.6. The minimum atomic E-state index is -0.0669. The molecule has 1 saturated heterocycles. The highest BCUT2D eigenvalue weighted by Crippen LogP contribution is 2.38. The van der Waals surface area contributed by atoms with Crippen molar-refractivity contribution in [2.45, 2.75) is 25.7 Å². The Bertz CT molecular complexity index is 598. The lowest BCUT2D eigenvalue weighted by Gasteiger charge is -2.29. The summed E-state index contributed by atoms with van der Waals surface area (Å²) in [6.45, 7) is 3.58. The third kappa shape index (κ3) is 3.63. The van der Waals surface area contributed by atoms with Crippen LogP contribution >= 0.6 is 15.9 Å². The molecule has 0 aromatic heterocycles. The molecule has 0 spiro atoms. The molecule has 23 heavy (non-hydrogen) atoms. The van der Waals surface area contributed by atoms with Gasteiger partial charge in [-0.15, -0.1) is 0 Å². The Labute approximate surface area is 145 Å². The van der Waals surface area contributed by atoms with Gasteiger partial charge in [0.1, 0.15) is 5.75 Å². The van der Waals surface area contributed by atoms with Gasteiger partial charge in [0.2, 0.25) is 0 Å². The van der Waals surface area contributed by atoms with Crippen molar-refractivity contribution < 1.29 is 9.53 Å². The summed E-state index contributed by atoms with van der Waals surface area (Å²) < 4.78 is 6.52. The van der Waals surface area contributed by atoms with Gasteiger partial charge in [-0.1, -0.05) is 0 Å². The Kier molecular flexibility index (Phi) is 5.11. The molecule has 2 heterocycles. The maximum Gasteiger partial charge on any atom is 0.255 e. The molecular weight excluding hydrogens is 358 g/mol. The van der Waals surface area contributed by atoms with Crippen molar-refractivity contribution in [1.29, 1.82) is 0 Å². The zero-order chi connectivity index (χ0) is 16.4. The van der Waals surface area contributed by atoms with Crippen LogP contribution in [0.1, 0.15) is 35.2 Å². The summed E-state index contributed by atoms with van der Waals surface area (Å²) in [7, 11) is 2.14. The lowest BCUT2D eigenvalue weighted by atomic mass is 9.96. The zero-order valence-corrected chi connectivity index (χ0v) is 15.1. The topological polar surface area (TPSA) is 67.6 Å². The number of rotatable bonds is 3. The molecule has 2 aliphatic heterocycles. The van der Waals surface area contributed by atoms with Gasteiger partial charge in [-0.2, -0.15) is 0 Å². The molecule has 1 amide bonds. The monoisotopic (exact) mass is 381 g/mol. The molecule has 3 rings (SSSR count). The second-order valence-corrected chi connectivity index (χ2v) is 7.39. The number of benzene rings is 1. The Morgan fingerprint density at radius 3 is 2.96 bits per heavy atom. The van der Waals surface area contributed by atoms with E-state index < -0.39 is 0 Å². The molecule has 3 N–H and O–H groups in total. The summed E-state index contributed by atoms with van der Waals surface area (Å²) in [4.78, 5) is 15.0. The van der Waals surface area contributed by atoms with E-state index in [-0.39, 0.29) is 5.91 Å². The Morgan fingerprint density at radius 1 is 1.48 bits per heavy atom. The predicted molar refractivity (Wildman–Crippen MR) is 94.9 cm³/mol. The molecule has 6 heteroatoms. The molecular formula is C17H24BrN3O2. The molecule has 0 bridgehead atoms. The molecule has 126 valence electrons. The van der Waals surface area contributed by atoms with Gasteiger partial charge in [0.05, 0.1) is 17.9 Å². The molecule has 0 radical (unpaired) electrons. The molecule has 5 nitrogen and oxygen atoms in total. The number of nitrogens with two attached hydrogens (primary N) is 1. The number of nitrogen functional groups attached to an aromatic ring is 1. The smallest absolute Gasteiger partial charge is 0.255 e. The van der Waals surface area contributed by atoms with Gasteiger partial charge in [0, 0.05) is 16.6 Å². The number of carbonyl (C=O) groups excluding carboxylic acids is 1. The third-order valence-corrected chi connectivity index (χ3v) is 5.48. The van der Waals surface area contributed by atoms with E-state index in [0.29, 0.717) is 29.5 Å². The average Bonchev–Trinajstić information content (AvgIpc) is 2.57. The first-order valence-corrected chi connectivity index (χ1v) is 9.06. The lowest BCUT2D eigenvalue weighted by molar-refractivity contribution is 0.0934. The normalized spacial score (nSPS) is 19.0. The van der Waals surface area contributed by atoms with Crippen LogP contribution in [0.2, 0.25) is 0 Å². The maximum atomic E-state index is 12.6. The quantitative estimate of drug-likeness (QED) is 0.788. The van der Waals surface area contributed by atoms with Crippen LogP contribution in [0.4, 0.5) is 5.69 Å². The molecule has 0 saturated carbocycles. The van der Waals surface area contributed by atoms with Crippen LogP contribution in [0.3, 0.4) is 0 Å². The summed E-state index contributed by atoms with van der Waals surface area (Å²) in [5.74, 6) is 1.16. The van der Waals surface area contributed by atoms with Gasteiger partial charge in [-0.05, 0) is 73.7 Å². The number of piperidine rings is 1. The molecule has 0 unspecified atom stereocenters. The van der Waals surface area contributed by atoms with Crippen LogP contribution in [0, 0.1) is 5.92 Å². The van der Waals surface area contributed by atoms with Crippen molar-refractivity contribution in [2.24, 2.45) is 5.92 Å². The summed E-state index contributed by atoms with van der Waals surface area (Å²) in [5, 5.41) is 3.08. The highest BCUT2D eigenvalue weighted by Gasteiger charge is 2.24. The summed E-state index contributed by atoms with van der Waals surface area (Å²) in [5.41, 5.74) is 8.34. The van der Waals surface area contributed by atoms with Crippen molar-refractivity contribution >= 4 is 27.5 Å². The average molecular weight is 382 g/mol. The number of halogens is 1. The van der Waals surface area contributed by atoms with Gasteiger partial charge in [0.15, 0.2) is 0 Å². The first-order valence-electron chi connectivity index (χ1n) is 8.26. The third-order valence-electron chi connectivity index (χ3n) is 4.82. The molecule has 0 aliphatic carbocycles. The number of fused-ring (bicyclic) bond motifs is 1. The number of hydrogen-bond donors (Lipinski definition) is 2. The molecule has 2 aliphatic rings. The van der Waals surface area contributed by atoms with Crippen molar-refractivity contribution in [3.8, 4) is 5.75 Å². The molecule has 1 aromatic rings. The van der Waals surface area contributed by atoms with Crippen molar-refractivity contribution in [2.75, 3.05) is 39.0 Å². The summed E-state index contributed by atoms with van der Waals surface area (Å²) >= 11 is 3.46. The number of nitrogens with one attached hydrogen (secondary N) is 1. The van der Waals surface area contributed by atoms with Crippen LogP contribution < -0.4 is 15.8 Å². The molecule has 1 aromatic carbocycles. The van der Waals surface area contributed by atoms with E-state index in [4.69, 9.17) is 10.5 Å². The van der Waals surface area contributed by atoms with Gasteiger partial charge in [0.25, 0.3) is 5.91 Å². The second kappa shape index (κ2) is 7.09. The van der Waals surface area contributed by atoms with Crippen LogP contribution in [0.25, 0.3) is 0 Å². The number of hydrogen-bond acceptors (Lipinski definition) is 4. The maximum absolute atomic E-state index is 12.6. The Morgan fingerprint density at radius 2 is 2.22 bits per heavy atom. The van der Waals surface area contributed by atoms with Gasteiger partial charge in [-0.25, -0.2) is 0 Å². The minimum absolute atomic E-state index is 0.0669. The van der Waals surface area contributed by atoms with E-state index in [1.54, 1.807) is 6.07 Å². The van der Waals surface area contributed by atoms with Crippen molar-refractivity contribution in [3.05, 3.63) is 21.7 Å². The Balaban J connectivity index is 1.71. The SMILES string of the molecule is CN1CCC(CNC(=O)c2cc(Br)c(N)c3c2OCCC3)CC1. The van der Waals surface area contributed by atoms with Crippen LogP contribution in [-0.2, 0) is 6.42 Å². The fourth-order valence-electron chi connectivity index (χ4n) is 3.30. The van der Waals surface area contributed by atoms with Gasteiger partial charge >= 0.3 is 0 Å². The predicted octanol–water partition coefficient (Wildman–Crippen LogP) is 2.43. The Hall–Kier alpha value is -1.27. The number of anilines is 1. The van der Waals surface area contributed by atoms with Crippen molar-refractivity contribution in [3.63, 3.8) is 0 Å². The molecule has 1 fully saturated rings. The highest BCUT2D eigenvalue weighted by atomic mass is 79.9. The number of carbonyl (C=O) groups is 1. The fourth-order valence-corrected chi connectivity index (χ4v) is 3.77.